The van der Waals surface area contributed by atoms with Gasteiger partial charge in [-0.15, -0.1) is 0 Å². The van der Waals surface area contributed by atoms with E-state index in [9.17, 15) is 0 Å². The Kier molecular flexibility index (Phi) is 2.94. The van der Waals surface area contributed by atoms with Crippen molar-refractivity contribution in [3.8, 4) is 0 Å². The van der Waals surface area contributed by atoms with Crippen LogP contribution in [0.2, 0.25) is 0 Å². The summed E-state index contributed by atoms with van der Waals surface area (Å²) in [7, 11) is 8.09. The molecule has 0 aliphatic rings. The zero-order chi connectivity index (χ0) is 11.7. The van der Waals surface area contributed by atoms with Gasteiger partial charge in [-0.2, -0.15) is 0 Å². The Labute approximate surface area is 95.9 Å². The van der Waals surface area contributed by atoms with Gasteiger partial charge in [-0.3, -0.25) is 4.90 Å². The van der Waals surface area contributed by atoms with Crippen molar-refractivity contribution in [1.82, 2.24) is 19.8 Å². The molecule has 1 heterocycles. The standard InChI is InChI=1S/C12H18N4/c1-13-12(15(2)3)9-5-6-11-10(7-9)14-8-16(11)4/h5-8,12-13H,1-4H3. The van der Waals surface area contributed by atoms with Gasteiger partial charge in [0.15, 0.2) is 0 Å². The summed E-state index contributed by atoms with van der Waals surface area (Å²) >= 11 is 0. The van der Waals surface area contributed by atoms with Crippen LogP contribution in [-0.2, 0) is 7.05 Å². The number of rotatable bonds is 3. The maximum Gasteiger partial charge on any atom is 0.0955 e. The molecule has 1 atom stereocenters. The zero-order valence-corrected chi connectivity index (χ0v) is 10.2. The number of hydrogen-bond acceptors (Lipinski definition) is 3. The van der Waals surface area contributed by atoms with Gasteiger partial charge in [0.05, 0.1) is 23.5 Å². The van der Waals surface area contributed by atoms with Gasteiger partial charge < -0.3 is 9.88 Å². The predicted octanol–water partition coefficient (Wildman–Crippen LogP) is 1.35. The largest absolute Gasteiger partial charge is 0.334 e. The van der Waals surface area contributed by atoms with Gasteiger partial charge in [-0.1, -0.05) is 6.07 Å². The Hall–Kier alpha value is -1.39. The Balaban J connectivity index is 2.46. The molecule has 86 valence electrons. The van der Waals surface area contributed by atoms with Crippen LogP contribution in [0.15, 0.2) is 24.5 Å². The lowest BCUT2D eigenvalue weighted by Gasteiger charge is -2.24. The highest BCUT2D eigenvalue weighted by atomic mass is 15.2. The van der Waals surface area contributed by atoms with Crippen molar-refractivity contribution >= 4 is 11.0 Å². The van der Waals surface area contributed by atoms with Crippen molar-refractivity contribution in [1.29, 1.82) is 0 Å². The maximum absolute atomic E-state index is 4.37. The number of benzene rings is 1. The number of nitrogens with one attached hydrogen (secondary N) is 1. The van der Waals surface area contributed by atoms with Crippen LogP contribution >= 0.6 is 0 Å². The molecule has 1 unspecified atom stereocenters. The Bertz CT molecular complexity index is 487. The van der Waals surface area contributed by atoms with E-state index >= 15 is 0 Å². The number of aromatic nitrogens is 2. The third-order valence-corrected chi connectivity index (χ3v) is 2.86. The summed E-state index contributed by atoms with van der Waals surface area (Å²) in [6, 6.07) is 6.40. The second-order valence-electron chi connectivity index (χ2n) is 4.26. The third kappa shape index (κ3) is 1.81. The number of nitrogens with zero attached hydrogens (tertiary/aromatic N) is 3. The van der Waals surface area contributed by atoms with E-state index < -0.39 is 0 Å². The molecule has 2 rings (SSSR count). The van der Waals surface area contributed by atoms with Gasteiger partial charge in [0.1, 0.15) is 0 Å². The predicted molar refractivity (Wildman–Crippen MR) is 66.2 cm³/mol. The molecule has 1 aromatic heterocycles. The fraction of sp³-hybridized carbons (Fsp3) is 0.417. The molecule has 0 spiro atoms. The smallest absolute Gasteiger partial charge is 0.0955 e. The van der Waals surface area contributed by atoms with Crippen molar-refractivity contribution < 1.29 is 0 Å². The zero-order valence-electron chi connectivity index (χ0n) is 10.2. The molecule has 0 radical (unpaired) electrons. The summed E-state index contributed by atoms with van der Waals surface area (Å²) in [5.74, 6) is 0. The average molecular weight is 218 g/mol. The molecule has 0 saturated heterocycles. The highest BCUT2D eigenvalue weighted by Gasteiger charge is 2.12. The second-order valence-corrected chi connectivity index (χ2v) is 4.26. The van der Waals surface area contributed by atoms with Crippen LogP contribution in [0.1, 0.15) is 11.7 Å². The molecule has 0 aliphatic heterocycles. The van der Waals surface area contributed by atoms with Crippen LogP contribution in [0.3, 0.4) is 0 Å². The summed E-state index contributed by atoms with van der Waals surface area (Å²) < 4.78 is 2.03. The summed E-state index contributed by atoms with van der Waals surface area (Å²) in [5, 5.41) is 3.28. The van der Waals surface area contributed by atoms with E-state index in [1.54, 1.807) is 0 Å². The molecule has 4 nitrogen and oxygen atoms in total. The quantitative estimate of drug-likeness (QED) is 0.790. The molecule has 4 heteroatoms. The van der Waals surface area contributed by atoms with Crippen LogP contribution in [-0.4, -0.2) is 35.6 Å². The molecule has 0 fully saturated rings. The van der Waals surface area contributed by atoms with Crippen molar-refractivity contribution in [3.05, 3.63) is 30.1 Å². The van der Waals surface area contributed by atoms with Crippen molar-refractivity contribution in [2.24, 2.45) is 7.05 Å². The first-order valence-electron chi connectivity index (χ1n) is 5.38. The summed E-state index contributed by atoms with van der Waals surface area (Å²) in [6.45, 7) is 0. The minimum Gasteiger partial charge on any atom is -0.334 e. The lowest BCUT2D eigenvalue weighted by Crippen LogP contribution is -2.30. The van der Waals surface area contributed by atoms with Gasteiger partial charge in [0.25, 0.3) is 0 Å². The van der Waals surface area contributed by atoms with E-state index in [1.165, 1.54) is 5.56 Å². The van der Waals surface area contributed by atoms with E-state index in [1.807, 2.05) is 25.0 Å². The molecule has 1 aromatic carbocycles. The van der Waals surface area contributed by atoms with Crippen LogP contribution in [0.25, 0.3) is 11.0 Å². The van der Waals surface area contributed by atoms with E-state index in [0.29, 0.717) is 0 Å². The van der Waals surface area contributed by atoms with E-state index in [4.69, 9.17) is 0 Å². The molecule has 1 N–H and O–H groups in total. The lowest BCUT2D eigenvalue weighted by molar-refractivity contribution is 0.265. The normalized spacial score (nSPS) is 13.6. The highest BCUT2D eigenvalue weighted by Crippen LogP contribution is 2.20. The highest BCUT2D eigenvalue weighted by molar-refractivity contribution is 5.76. The number of hydrogen-bond donors (Lipinski definition) is 1. The molecule has 0 saturated carbocycles. The van der Waals surface area contributed by atoms with Gasteiger partial charge in [0.2, 0.25) is 0 Å². The molecule has 0 amide bonds. The molecular weight excluding hydrogens is 200 g/mol. The molecule has 0 aliphatic carbocycles. The third-order valence-electron chi connectivity index (χ3n) is 2.86. The second kappa shape index (κ2) is 4.23. The van der Waals surface area contributed by atoms with E-state index in [-0.39, 0.29) is 6.17 Å². The molecule has 2 aromatic rings. The molecular formula is C12H18N4. The van der Waals surface area contributed by atoms with E-state index in [0.717, 1.165) is 11.0 Å². The maximum atomic E-state index is 4.37. The fourth-order valence-corrected chi connectivity index (χ4v) is 2.05. The van der Waals surface area contributed by atoms with Gasteiger partial charge in [-0.25, -0.2) is 4.98 Å². The van der Waals surface area contributed by atoms with Crippen LogP contribution < -0.4 is 5.32 Å². The average Bonchev–Trinajstić information content (AvgIpc) is 2.61. The Morgan fingerprint density at radius 3 is 2.75 bits per heavy atom. The first-order valence-corrected chi connectivity index (χ1v) is 5.38. The number of aryl methyl sites for hydroxylation is 1. The first kappa shape index (κ1) is 11.1. The number of imidazole rings is 1. The van der Waals surface area contributed by atoms with Crippen molar-refractivity contribution in [2.75, 3.05) is 21.1 Å². The van der Waals surface area contributed by atoms with Crippen LogP contribution in [0, 0.1) is 0 Å². The SMILES string of the molecule is CNC(c1ccc2c(c1)ncn2C)N(C)C. The van der Waals surface area contributed by atoms with Gasteiger partial charge in [-0.05, 0) is 38.8 Å². The van der Waals surface area contributed by atoms with Crippen LogP contribution in [0.4, 0.5) is 0 Å². The van der Waals surface area contributed by atoms with E-state index in [2.05, 4.69) is 47.5 Å². The van der Waals surface area contributed by atoms with Crippen molar-refractivity contribution in [2.45, 2.75) is 6.17 Å². The molecule has 0 bridgehead atoms. The summed E-state index contributed by atoms with van der Waals surface area (Å²) in [5.41, 5.74) is 3.44. The minimum atomic E-state index is 0.228. The fourth-order valence-electron chi connectivity index (χ4n) is 2.05. The molecule has 16 heavy (non-hydrogen) atoms. The minimum absolute atomic E-state index is 0.228. The van der Waals surface area contributed by atoms with Gasteiger partial charge in [0, 0.05) is 7.05 Å². The van der Waals surface area contributed by atoms with Crippen molar-refractivity contribution in [3.63, 3.8) is 0 Å². The topological polar surface area (TPSA) is 33.1 Å². The summed E-state index contributed by atoms with van der Waals surface area (Å²) in [4.78, 5) is 6.51. The monoisotopic (exact) mass is 218 g/mol. The van der Waals surface area contributed by atoms with Crippen LogP contribution in [0.5, 0.6) is 0 Å². The Morgan fingerprint density at radius 2 is 2.12 bits per heavy atom. The van der Waals surface area contributed by atoms with Gasteiger partial charge >= 0.3 is 0 Å². The first-order chi connectivity index (χ1) is 7.63. The lowest BCUT2D eigenvalue weighted by atomic mass is 10.1. The number of fused-ring (bicyclic) bond motifs is 1. The Morgan fingerprint density at radius 1 is 1.38 bits per heavy atom. The summed E-state index contributed by atoms with van der Waals surface area (Å²) in [6.07, 6.45) is 2.07.